The number of aromatic nitrogens is 1. The maximum Gasteiger partial charge on any atom is 0.0456 e. The number of hydrogen-bond acceptors (Lipinski definition) is 1. The molecule has 2 aromatic rings. The number of H-pyrrole nitrogens is 1. The number of fused-ring (bicyclic) bond motifs is 1. The Morgan fingerprint density at radius 2 is 2.00 bits per heavy atom. The van der Waals surface area contributed by atoms with Crippen molar-refractivity contribution in [3.63, 3.8) is 0 Å². The maximum atomic E-state index is 3.29. The Morgan fingerprint density at radius 3 is 2.87 bits per heavy atom. The van der Waals surface area contributed by atoms with Crippen LogP contribution >= 0.6 is 11.8 Å². The molecule has 1 fully saturated rings. The average Bonchev–Trinajstić information content (AvgIpc) is 2.77. The lowest BCUT2D eigenvalue weighted by molar-refractivity contribution is 0.638. The maximum absolute atomic E-state index is 3.29. The average molecular weight is 217 g/mol. The molecule has 0 atom stereocenters. The van der Waals surface area contributed by atoms with E-state index in [1.165, 1.54) is 40.8 Å². The van der Waals surface area contributed by atoms with Gasteiger partial charge in [0.2, 0.25) is 0 Å². The molecule has 2 heteroatoms. The Kier molecular flexibility index (Phi) is 2.45. The fourth-order valence-corrected chi connectivity index (χ4v) is 3.46. The molecule has 3 rings (SSSR count). The van der Waals surface area contributed by atoms with Crippen LogP contribution in [0, 0.1) is 0 Å². The van der Waals surface area contributed by atoms with Crippen molar-refractivity contribution in [2.45, 2.75) is 18.8 Å². The summed E-state index contributed by atoms with van der Waals surface area (Å²) in [5.41, 5.74) is 2.80. The van der Waals surface area contributed by atoms with Gasteiger partial charge in [0.05, 0.1) is 0 Å². The topological polar surface area (TPSA) is 15.8 Å². The Labute approximate surface area is 94.3 Å². The standard InChI is InChI=1S/C13H15NS/c1-2-12(10-4-7-15-8-5-10)9-13-11(1)3-6-14-13/h1-3,6,9-10,14H,4-5,7-8H2. The van der Waals surface area contributed by atoms with E-state index in [1.807, 2.05) is 6.20 Å². The highest BCUT2D eigenvalue weighted by Gasteiger charge is 2.15. The summed E-state index contributed by atoms with van der Waals surface area (Å²) in [5.74, 6) is 3.44. The predicted octanol–water partition coefficient (Wildman–Crippen LogP) is 3.78. The molecule has 0 aliphatic carbocycles. The summed E-state index contributed by atoms with van der Waals surface area (Å²) >= 11 is 2.09. The third-order valence-corrected chi connectivity index (χ3v) is 4.32. The Bertz CT molecular complexity index is 454. The summed E-state index contributed by atoms with van der Waals surface area (Å²) in [4.78, 5) is 3.29. The summed E-state index contributed by atoms with van der Waals surface area (Å²) < 4.78 is 0. The van der Waals surface area contributed by atoms with Gasteiger partial charge in [0.15, 0.2) is 0 Å². The summed E-state index contributed by atoms with van der Waals surface area (Å²) in [6.45, 7) is 0. The number of aromatic amines is 1. The van der Waals surface area contributed by atoms with Crippen molar-refractivity contribution in [3.05, 3.63) is 36.0 Å². The van der Waals surface area contributed by atoms with Crippen LogP contribution in [-0.2, 0) is 0 Å². The van der Waals surface area contributed by atoms with Gasteiger partial charge < -0.3 is 4.98 Å². The molecule has 0 saturated carbocycles. The van der Waals surface area contributed by atoms with Crippen LogP contribution in [0.2, 0.25) is 0 Å². The van der Waals surface area contributed by atoms with Crippen LogP contribution in [0.15, 0.2) is 30.5 Å². The lowest BCUT2D eigenvalue weighted by Gasteiger charge is -2.21. The van der Waals surface area contributed by atoms with Gasteiger partial charge in [-0.2, -0.15) is 11.8 Å². The second kappa shape index (κ2) is 3.93. The van der Waals surface area contributed by atoms with E-state index in [1.54, 1.807) is 0 Å². The molecule has 1 aromatic heterocycles. The second-order valence-corrected chi connectivity index (χ2v) is 5.44. The number of rotatable bonds is 1. The van der Waals surface area contributed by atoms with Crippen LogP contribution in [0.5, 0.6) is 0 Å². The van der Waals surface area contributed by atoms with Crippen molar-refractivity contribution in [2.24, 2.45) is 0 Å². The van der Waals surface area contributed by atoms with Gasteiger partial charge in [-0.15, -0.1) is 0 Å². The van der Waals surface area contributed by atoms with Crippen molar-refractivity contribution in [3.8, 4) is 0 Å². The molecule has 1 saturated heterocycles. The van der Waals surface area contributed by atoms with Gasteiger partial charge in [0.1, 0.15) is 0 Å². The summed E-state index contributed by atoms with van der Waals surface area (Å²) in [5, 5.41) is 1.32. The van der Waals surface area contributed by atoms with E-state index in [4.69, 9.17) is 0 Å². The van der Waals surface area contributed by atoms with Gasteiger partial charge in [-0.1, -0.05) is 12.1 Å². The SMILES string of the molecule is c1cc2ccc(C3CCSCC3)cc2[nH]1. The smallest absolute Gasteiger partial charge is 0.0456 e. The van der Waals surface area contributed by atoms with Crippen LogP contribution in [-0.4, -0.2) is 16.5 Å². The molecule has 1 N–H and O–H groups in total. The molecular formula is C13H15NS. The molecule has 1 aromatic carbocycles. The minimum atomic E-state index is 0.791. The Balaban J connectivity index is 1.95. The first-order chi connectivity index (χ1) is 7.43. The van der Waals surface area contributed by atoms with Gasteiger partial charge in [-0.3, -0.25) is 0 Å². The lowest BCUT2D eigenvalue weighted by Crippen LogP contribution is -2.07. The van der Waals surface area contributed by atoms with Crippen molar-refractivity contribution in [2.75, 3.05) is 11.5 Å². The second-order valence-electron chi connectivity index (χ2n) is 4.21. The van der Waals surface area contributed by atoms with Gasteiger partial charge in [0.25, 0.3) is 0 Å². The summed E-state index contributed by atoms with van der Waals surface area (Å²) in [7, 11) is 0. The Morgan fingerprint density at radius 1 is 1.13 bits per heavy atom. The molecule has 1 aliphatic rings. The van der Waals surface area contributed by atoms with Crippen molar-refractivity contribution < 1.29 is 0 Å². The van der Waals surface area contributed by atoms with E-state index in [2.05, 4.69) is 41.0 Å². The zero-order valence-corrected chi connectivity index (χ0v) is 9.52. The van der Waals surface area contributed by atoms with E-state index in [-0.39, 0.29) is 0 Å². The van der Waals surface area contributed by atoms with E-state index in [0.29, 0.717) is 0 Å². The van der Waals surface area contributed by atoms with Crippen LogP contribution in [0.25, 0.3) is 10.9 Å². The molecule has 0 radical (unpaired) electrons. The van der Waals surface area contributed by atoms with E-state index in [9.17, 15) is 0 Å². The minimum Gasteiger partial charge on any atom is -0.361 e. The third kappa shape index (κ3) is 1.78. The summed E-state index contributed by atoms with van der Waals surface area (Å²) in [6, 6.07) is 9.01. The number of benzene rings is 1. The summed E-state index contributed by atoms with van der Waals surface area (Å²) in [6.07, 6.45) is 4.71. The quantitative estimate of drug-likeness (QED) is 0.768. The van der Waals surface area contributed by atoms with E-state index in [0.717, 1.165) is 5.92 Å². The largest absolute Gasteiger partial charge is 0.361 e. The monoisotopic (exact) mass is 217 g/mol. The van der Waals surface area contributed by atoms with E-state index >= 15 is 0 Å². The van der Waals surface area contributed by atoms with Crippen LogP contribution < -0.4 is 0 Å². The number of nitrogens with one attached hydrogen (secondary N) is 1. The molecule has 15 heavy (non-hydrogen) atoms. The molecule has 0 bridgehead atoms. The third-order valence-electron chi connectivity index (χ3n) is 3.27. The van der Waals surface area contributed by atoms with Gasteiger partial charge in [-0.05, 0) is 53.3 Å². The zero-order chi connectivity index (χ0) is 10.1. The molecule has 1 nitrogen and oxygen atoms in total. The van der Waals surface area contributed by atoms with Crippen molar-refractivity contribution in [1.29, 1.82) is 0 Å². The highest BCUT2D eigenvalue weighted by atomic mass is 32.2. The highest BCUT2D eigenvalue weighted by Crippen LogP contribution is 2.32. The first kappa shape index (κ1) is 9.34. The molecule has 2 heterocycles. The van der Waals surface area contributed by atoms with Gasteiger partial charge in [0, 0.05) is 11.7 Å². The number of hydrogen-bond donors (Lipinski definition) is 1. The lowest BCUT2D eigenvalue weighted by atomic mass is 9.93. The van der Waals surface area contributed by atoms with Crippen LogP contribution in [0.1, 0.15) is 24.3 Å². The van der Waals surface area contributed by atoms with Crippen molar-refractivity contribution >= 4 is 22.7 Å². The molecule has 0 amide bonds. The fraction of sp³-hybridized carbons (Fsp3) is 0.385. The first-order valence-corrected chi connectivity index (χ1v) is 6.74. The van der Waals surface area contributed by atoms with Crippen molar-refractivity contribution in [1.82, 2.24) is 4.98 Å². The predicted molar refractivity (Wildman–Crippen MR) is 67.6 cm³/mol. The molecule has 78 valence electrons. The zero-order valence-electron chi connectivity index (χ0n) is 8.70. The molecular weight excluding hydrogens is 202 g/mol. The first-order valence-electron chi connectivity index (χ1n) is 5.58. The van der Waals surface area contributed by atoms with Gasteiger partial charge in [-0.25, -0.2) is 0 Å². The minimum absolute atomic E-state index is 0.791. The highest BCUT2D eigenvalue weighted by molar-refractivity contribution is 7.99. The van der Waals surface area contributed by atoms with Gasteiger partial charge >= 0.3 is 0 Å². The normalized spacial score (nSPS) is 18.4. The molecule has 0 unspecified atom stereocenters. The Hall–Kier alpha value is -0.890. The van der Waals surface area contributed by atoms with Crippen LogP contribution in [0.4, 0.5) is 0 Å². The fourth-order valence-electron chi connectivity index (χ4n) is 2.35. The van der Waals surface area contributed by atoms with Crippen LogP contribution in [0.3, 0.4) is 0 Å². The number of thioether (sulfide) groups is 1. The molecule has 1 aliphatic heterocycles. The molecule has 0 spiro atoms. The van der Waals surface area contributed by atoms with E-state index < -0.39 is 0 Å².